The van der Waals surface area contributed by atoms with Gasteiger partial charge in [-0.3, -0.25) is 9.78 Å². The first-order chi connectivity index (χ1) is 6.61. The van der Waals surface area contributed by atoms with Crippen molar-refractivity contribution in [2.75, 3.05) is 0 Å². The molecular formula is C8H3BrF2N2O. The van der Waals surface area contributed by atoms with E-state index in [1.165, 1.54) is 0 Å². The lowest BCUT2D eigenvalue weighted by Gasteiger charge is -2.04. The highest BCUT2D eigenvalue weighted by molar-refractivity contribution is 9.10. The zero-order valence-corrected chi connectivity index (χ0v) is 8.25. The van der Waals surface area contributed by atoms with Gasteiger partial charge < -0.3 is 0 Å². The molecule has 0 aromatic carbocycles. The molecule has 0 atom stereocenters. The van der Waals surface area contributed by atoms with Gasteiger partial charge in [-0.05, 0) is 15.9 Å². The predicted octanol–water partition coefficient (Wildman–Crippen LogP) is 2.47. The van der Waals surface area contributed by atoms with Crippen molar-refractivity contribution in [1.82, 2.24) is 4.98 Å². The fraction of sp³-hybridized carbons (Fsp3) is 0.125. The Labute approximate surface area is 86.5 Å². The third-order valence-electron chi connectivity index (χ3n) is 1.54. The Hall–Kier alpha value is -1.35. The van der Waals surface area contributed by atoms with Crippen molar-refractivity contribution in [2.45, 2.75) is 6.43 Å². The van der Waals surface area contributed by atoms with Crippen LogP contribution in [0.3, 0.4) is 0 Å². The van der Waals surface area contributed by atoms with E-state index < -0.39 is 12.1 Å². The van der Waals surface area contributed by atoms with Crippen molar-refractivity contribution in [3.63, 3.8) is 0 Å². The van der Waals surface area contributed by atoms with Crippen molar-refractivity contribution in [2.24, 2.45) is 0 Å². The van der Waals surface area contributed by atoms with Crippen LogP contribution in [0, 0.1) is 11.3 Å². The number of halogens is 3. The highest BCUT2D eigenvalue weighted by Crippen LogP contribution is 2.26. The first kappa shape index (κ1) is 10.7. The number of nitriles is 1. The normalized spacial score (nSPS) is 9.93. The second-order valence-corrected chi connectivity index (χ2v) is 3.16. The summed E-state index contributed by atoms with van der Waals surface area (Å²) in [7, 11) is 0. The third-order valence-corrected chi connectivity index (χ3v) is 2.14. The van der Waals surface area contributed by atoms with Gasteiger partial charge in [-0.25, -0.2) is 8.78 Å². The highest BCUT2D eigenvalue weighted by atomic mass is 79.9. The van der Waals surface area contributed by atoms with E-state index in [1.807, 2.05) is 0 Å². The molecule has 0 bridgehead atoms. The molecule has 0 spiro atoms. The number of hydrogen-bond acceptors (Lipinski definition) is 3. The highest BCUT2D eigenvalue weighted by Gasteiger charge is 2.19. The van der Waals surface area contributed by atoms with Crippen molar-refractivity contribution in [3.8, 4) is 6.07 Å². The fourth-order valence-corrected chi connectivity index (χ4v) is 1.33. The van der Waals surface area contributed by atoms with E-state index in [4.69, 9.17) is 5.26 Å². The number of carbonyl (C=O) groups excluding carboxylic acids is 1. The first-order valence-electron chi connectivity index (χ1n) is 3.43. The molecule has 1 rings (SSSR count). The number of alkyl halides is 2. The number of hydrogen-bond donors (Lipinski definition) is 0. The second kappa shape index (κ2) is 4.24. The molecule has 0 aliphatic heterocycles. The second-order valence-electron chi connectivity index (χ2n) is 2.31. The summed E-state index contributed by atoms with van der Waals surface area (Å²) in [5.41, 5.74) is -1.15. The first-order valence-corrected chi connectivity index (χ1v) is 4.23. The van der Waals surface area contributed by atoms with Gasteiger partial charge in [-0.15, -0.1) is 0 Å². The maximum atomic E-state index is 12.3. The minimum Gasteiger partial charge on any atom is -0.298 e. The van der Waals surface area contributed by atoms with Gasteiger partial charge in [-0.2, -0.15) is 5.26 Å². The van der Waals surface area contributed by atoms with E-state index in [0.29, 0.717) is 0 Å². The molecule has 14 heavy (non-hydrogen) atoms. The van der Waals surface area contributed by atoms with Crippen LogP contribution < -0.4 is 0 Å². The molecule has 0 N–H and O–H groups in total. The summed E-state index contributed by atoms with van der Waals surface area (Å²) in [5, 5.41) is 8.63. The minimum atomic E-state index is -2.87. The minimum absolute atomic E-state index is 0.120. The number of nitrogens with zero attached hydrogens (tertiary/aromatic N) is 2. The molecule has 0 fully saturated rings. The molecule has 0 aliphatic carbocycles. The van der Waals surface area contributed by atoms with Gasteiger partial charge in [0, 0.05) is 6.20 Å². The summed E-state index contributed by atoms with van der Waals surface area (Å²) in [6.45, 7) is 0. The lowest BCUT2D eigenvalue weighted by atomic mass is 10.1. The van der Waals surface area contributed by atoms with E-state index in [2.05, 4.69) is 20.9 Å². The van der Waals surface area contributed by atoms with Gasteiger partial charge in [0.2, 0.25) is 0 Å². The molecule has 3 nitrogen and oxygen atoms in total. The van der Waals surface area contributed by atoms with E-state index >= 15 is 0 Å². The Bertz CT molecular complexity index is 415. The number of aromatic nitrogens is 1. The quantitative estimate of drug-likeness (QED) is 0.768. The lowest BCUT2D eigenvalue weighted by molar-refractivity contribution is 0.110. The van der Waals surface area contributed by atoms with Crippen LogP contribution >= 0.6 is 15.9 Å². The molecule has 0 saturated carbocycles. The lowest BCUT2D eigenvalue weighted by Crippen LogP contribution is -2.01. The van der Waals surface area contributed by atoms with Crippen molar-refractivity contribution in [1.29, 1.82) is 5.26 Å². The third kappa shape index (κ3) is 1.77. The molecule has 0 amide bonds. The molecule has 72 valence electrons. The van der Waals surface area contributed by atoms with E-state index in [1.54, 1.807) is 6.07 Å². The summed E-state index contributed by atoms with van der Waals surface area (Å²) in [6, 6.07) is 1.66. The number of pyridine rings is 1. The average molecular weight is 261 g/mol. The topological polar surface area (TPSA) is 53.8 Å². The molecular weight excluding hydrogens is 258 g/mol. The molecule has 1 aromatic heterocycles. The summed E-state index contributed by atoms with van der Waals surface area (Å²) in [5.74, 6) is 0. The van der Waals surface area contributed by atoms with E-state index in [0.717, 1.165) is 6.20 Å². The van der Waals surface area contributed by atoms with Crippen LogP contribution in [0.2, 0.25) is 0 Å². The van der Waals surface area contributed by atoms with Gasteiger partial charge in [0.15, 0.2) is 6.29 Å². The molecule has 0 aliphatic rings. The smallest absolute Gasteiger partial charge is 0.281 e. The van der Waals surface area contributed by atoms with Crippen LogP contribution in [0.1, 0.15) is 28.0 Å². The molecule has 1 aromatic rings. The van der Waals surface area contributed by atoms with Gasteiger partial charge in [-0.1, -0.05) is 0 Å². The average Bonchev–Trinajstić information content (AvgIpc) is 2.16. The van der Waals surface area contributed by atoms with Gasteiger partial charge in [0.1, 0.15) is 11.8 Å². The van der Waals surface area contributed by atoms with Crippen LogP contribution in [0.25, 0.3) is 0 Å². The molecule has 6 heteroatoms. The van der Waals surface area contributed by atoms with Crippen LogP contribution in [-0.4, -0.2) is 11.3 Å². The van der Waals surface area contributed by atoms with E-state index in [-0.39, 0.29) is 21.9 Å². The Morgan fingerprint density at radius 1 is 1.64 bits per heavy atom. The van der Waals surface area contributed by atoms with Crippen molar-refractivity contribution < 1.29 is 13.6 Å². The Morgan fingerprint density at radius 3 is 2.71 bits per heavy atom. The monoisotopic (exact) mass is 260 g/mol. The van der Waals surface area contributed by atoms with Crippen LogP contribution in [0.15, 0.2) is 10.7 Å². The largest absolute Gasteiger partial charge is 0.298 e. The Morgan fingerprint density at radius 2 is 2.29 bits per heavy atom. The maximum absolute atomic E-state index is 12.3. The summed E-state index contributed by atoms with van der Waals surface area (Å²) < 4.78 is 24.9. The Kier molecular flexibility index (Phi) is 3.25. The molecule has 0 unspecified atom stereocenters. The predicted molar refractivity (Wildman–Crippen MR) is 47.0 cm³/mol. The Balaban J connectivity index is 3.50. The summed E-state index contributed by atoms with van der Waals surface area (Å²) >= 11 is 2.94. The fourth-order valence-electron chi connectivity index (χ4n) is 0.924. The zero-order chi connectivity index (χ0) is 10.7. The maximum Gasteiger partial charge on any atom is 0.281 e. The summed E-state index contributed by atoms with van der Waals surface area (Å²) in [4.78, 5) is 13.9. The summed E-state index contributed by atoms with van der Waals surface area (Å²) in [6.07, 6.45) is -1.58. The number of aldehydes is 1. The van der Waals surface area contributed by atoms with Crippen LogP contribution in [-0.2, 0) is 0 Å². The van der Waals surface area contributed by atoms with Crippen molar-refractivity contribution >= 4 is 22.2 Å². The van der Waals surface area contributed by atoms with Gasteiger partial charge in [0.05, 0.1) is 15.6 Å². The van der Waals surface area contributed by atoms with Crippen molar-refractivity contribution in [3.05, 3.63) is 27.5 Å². The van der Waals surface area contributed by atoms with Crippen LogP contribution in [0.4, 0.5) is 8.78 Å². The van der Waals surface area contributed by atoms with E-state index in [9.17, 15) is 13.6 Å². The number of rotatable bonds is 2. The van der Waals surface area contributed by atoms with Gasteiger partial charge in [0.25, 0.3) is 6.43 Å². The molecule has 0 saturated heterocycles. The SMILES string of the molecule is N#Cc1c(Br)cnc(C(F)F)c1C=O. The molecule has 0 radical (unpaired) electrons. The van der Waals surface area contributed by atoms with Gasteiger partial charge >= 0.3 is 0 Å². The van der Waals surface area contributed by atoms with Crippen LogP contribution in [0.5, 0.6) is 0 Å². The molecule has 1 heterocycles. The standard InChI is InChI=1S/C8H3BrF2N2O/c9-6-2-13-7(8(10)11)5(3-14)4(6)1-12/h2-3,8H. The number of carbonyl (C=O) groups is 1. The zero-order valence-electron chi connectivity index (χ0n) is 6.67.